The van der Waals surface area contributed by atoms with Crippen molar-refractivity contribution in [1.82, 2.24) is 19.4 Å². The second-order valence-electron chi connectivity index (χ2n) is 8.16. The predicted octanol–water partition coefficient (Wildman–Crippen LogP) is 0.219. The molecule has 2 heterocycles. The minimum atomic E-state index is -1.31. The SMILES string of the molecule is CC(=O)N1CCC[C@H](n2c(=O)c(C(=O)NCC(=O)O)c(O)n(C3CCCCC3)c2=O)C1. The Bertz CT molecular complexity index is 990. The maximum Gasteiger partial charge on any atom is 0.334 e. The van der Waals surface area contributed by atoms with E-state index in [1.54, 1.807) is 4.90 Å². The van der Waals surface area contributed by atoms with Crippen LogP contribution in [-0.4, -0.2) is 61.7 Å². The number of aliphatic carboxylic acids is 1. The van der Waals surface area contributed by atoms with Crippen molar-refractivity contribution in [3.05, 3.63) is 26.4 Å². The van der Waals surface area contributed by atoms with Gasteiger partial charge in [-0.2, -0.15) is 0 Å². The Kier molecular flexibility index (Phi) is 6.81. The summed E-state index contributed by atoms with van der Waals surface area (Å²) in [5.41, 5.74) is -2.33. The van der Waals surface area contributed by atoms with Gasteiger partial charge in [-0.1, -0.05) is 19.3 Å². The van der Waals surface area contributed by atoms with Gasteiger partial charge in [-0.05, 0) is 25.7 Å². The van der Waals surface area contributed by atoms with Gasteiger partial charge < -0.3 is 20.4 Å². The fraction of sp³-hybridized carbons (Fsp3) is 0.650. The van der Waals surface area contributed by atoms with Gasteiger partial charge in [0.1, 0.15) is 6.54 Å². The number of amides is 2. The molecule has 1 aliphatic heterocycles. The number of carboxylic acid groups (broad SMARTS) is 1. The largest absolute Gasteiger partial charge is 0.494 e. The molecule has 1 aromatic rings. The third-order valence-corrected chi connectivity index (χ3v) is 6.07. The molecule has 1 saturated carbocycles. The Balaban J connectivity index is 2.14. The summed E-state index contributed by atoms with van der Waals surface area (Å²) in [4.78, 5) is 63.4. The summed E-state index contributed by atoms with van der Waals surface area (Å²) in [7, 11) is 0. The smallest absolute Gasteiger partial charge is 0.334 e. The van der Waals surface area contributed by atoms with Crippen molar-refractivity contribution in [1.29, 1.82) is 0 Å². The molecule has 2 amide bonds. The molecule has 1 aromatic heterocycles. The van der Waals surface area contributed by atoms with Gasteiger partial charge in [-0.25, -0.2) is 4.79 Å². The standard InChI is InChI=1S/C20H28N4O7/c1-12(25)22-9-5-8-14(11-22)24-19(30)16(17(28)21-10-15(26)27)18(29)23(20(24)31)13-6-3-2-4-7-13/h13-14,29H,2-11H2,1H3,(H,21,28)(H,26,27)/t14-/m0/s1. The molecule has 31 heavy (non-hydrogen) atoms. The first-order valence-corrected chi connectivity index (χ1v) is 10.6. The van der Waals surface area contributed by atoms with E-state index in [0.717, 1.165) is 28.4 Å². The molecule has 0 aromatic carbocycles. The molecular weight excluding hydrogens is 408 g/mol. The van der Waals surface area contributed by atoms with Crippen LogP contribution in [0.5, 0.6) is 5.88 Å². The summed E-state index contributed by atoms with van der Waals surface area (Å²) >= 11 is 0. The highest BCUT2D eigenvalue weighted by molar-refractivity contribution is 5.97. The lowest BCUT2D eigenvalue weighted by Crippen LogP contribution is -2.51. The van der Waals surface area contributed by atoms with E-state index in [4.69, 9.17) is 5.11 Å². The third kappa shape index (κ3) is 4.64. The first kappa shape index (κ1) is 22.6. The molecule has 2 aliphatic rings. The molecular formula is C20H28N4O7. The Labute approximate surface area is 178 Å². The van der Waals surface area contributed by atoms with Crippen molar-refractivity contribution in [3.8, 4) is 5.88 Å². The van der Waals surface area contributed by atoms with Gasteiger partial charge >= 0.3 is 11.7 Å². The normalized spacial score (nSPS) is 19.8. The molecule has 11 heteroatoms. The minimum Gasteiger partial charge on any atom is -0.494 e. The molecule has 1 saturated heterocycles. The summed E-state index contributed by atoms with van der Waals surface area (Å²) < 4.78 is 2.06. The number of aromatic nitrogens is 2. The first-order valence-electron chi connectivity index (χ1n) is 10.6. The number of nitrogens with zero attached hydrogens (tertiary/aromatic N) is 3. The lowest BCUT2D eigenvalue weighted by Gasteiger charge is -2.34. The lowest BCUT2D eigenvalue weighted by atomic mass is 9.95. The highest BCUT2D eigenvalue weighted by atomic mass is 16.4. The number of rotatable bonds is 5. The van der Waals surface area contributed by atoms with Gasteiger partial charge in [0.2, 0.25) is 11.8 Å². The van der Waals surface area contributed by atoms with Gasteiger partial charge in [0.25, 0.3) is 11.5 Å². The summed E-state index contributed by atoms with van der Waals surface area (Å²) in [6, 6.07) is -1.01. The molecule has 0 unspecified atom stereocenters. The zero-order valence-electron chi connectivity index (χ0n) is 17.5. The van der Waals surface area contributed by atoms with Crippen LogP contribution in [0.3, 0.4) is 0 Å². The number of likely N-dealkylation sites (tertiary alicyclic amines) is 1. The fourth-order valence-electron chi connectivity index (χ4n) is 4.51. The number of nitrogens with one attached hydrogen (secondary N) is 1. The van der Waals surface area contributed by atoms with Gasteiger partial charge in [0.15, 0.2) is 5.56 Å². The number of aromatic hydroxyl groups is 1. The number of hydrogen-bond acceptors (Lipinski definition) is 6. The van der Waals surface area contributed by atoms with Crippen LogP contribution in [0.4, 0.5) is 0 Å². The molecule has 0 radical (unpaired) electrons. The second-order valence-corrected chi connectivity index (χ2v) is 8.16. The van der Waals surface area contributed by atoms with Gasteiger partial charge in [-0.3, -0.25) is 28.3 Å². The van der Waals surface area contributed by atoms with Gasteiger partial charge in [-0.15, -0.1) is 0 Å². The molecule has 1 aliphatic carbocycles. The lowest BCUT2D eigenvalue weighted by molar-refractivity contribution is -0.135. The average molecular weight is 436 g/mol. The summed E-state index contributed by atoms with van der Waals surface area (Å²) in [6.45, 7) is 1.34. The Morgan fingerprint density at radius 3 is 2.26 bits per heavy atom. The van der Waals surface area contributed by atoms with E-state index < -0.39 is 47.2 Å². The summed E-state index contributed by atoms with van der Waals surface area (Å²) in [5, 5.41) is 21.7. The first-order chi connectivity index (χ1) is 14.7. The van der Waals surface area contributed by atoms with Crippen LogP contribution in [0.1, 0.15) is 74.3 Å². The van der Waals surface area contributed by atoms with E-state index in [1.165, 1.54) is 6.92 Å². The van der Waals surface area contributed by atoms with Crippen LogP contribution >= 0.6 is 0 Å². The van der Waals surface area contributed by atoms with E-state index in [2.05, 4.69) is 5.32 Å². The predicted molar refractivity (Wildman–Crippen MR) is 109 cm³/mol. The average Bonchev–Trinajstić information content (AvgIpc) is 2.73. The van der Waals surface area contributed by atoms with Crippen molar-refractivity contribution in [3.63, 3.8) is 0 Å². The summed E-state index contributed by atoms with van der Waals surface area (Å²) in [6.07, 6.45) is 4.97. The zero-order valence-corrected chi connectivity index (χ0v) is 17.5. The zero-order chi connectivity index (χ0) is 22.7. The van der Waals surface area contributed by atoms with Crippen LogP contribution < -0.4 is 16.6 Å². The monoisotopic (exact) mass is 436 g/mol. The van der Waals surface area contributed by atoms with Crippen molar-refractivity contribution >= 4 is 17.8 Å². The Hall–Kier alpha value is -3.11. The molecule has 1 atom stereocenters. The third-order valence-electron chi connectivity index (χ3n) is 6.07. The van der Waals surface area contributed by atoms with E-state index in [-0.39, 0.29) is 18.5 Å². The van der Waals surface area contributed by atoms with Gasteiger partial charge in [0.05, 0.1) is 6.04 Å². The molecule has 11 nitrogen and oxygen atoms in total. The van der Waals surface area contributed by atoms with Crippen molar-refractivity contribution in [2.45, 2.75) is 64.0 Å². The van der Waals surface area contributed by atoms with E-state index >= 15 is 0 Å². The number of carbonyl (C=O) groups is 3. The van der Waals surface area contributed by atoms with E-state index in [9.17, 15) is 29.1 Å². The van der Waals surface area contributed by atoms with Crippen LogP contribution in [0.25, 0.3) is 0 Å². The maximum absolute atomic E-state index is 13.4. The van der Waals surface area contributed by atoms with E-state index in [1.807, 2.05) is 0 Å². The van der Waals surface area contributed by atoms with Crippen molar-refractivity contribution < 1.29 is 24.6 Å². The van der Waals surface area contributed by atoms with E-state index in [0.29, 0.717) is 32.2 Å². The topological polar surface area (TPSA) is 151 Å². The number of piperidine rings is 1. The Morgan fingerprint density at radius 1 is 1.00 bits per heavy atom. The molecule has 0 bridgehead atoms. The van der Waals surface area contributed by atoms with Crippen LogP contribution in [0.2, 0.25) is 0 Å². The molecule has 2 fully saturated rings. The van der Waals surface area contributed by atoms with Crippen LogP contribution in [0.15, 0.2) is 9.59 Å². The maximum atomic E-state index is 13.4. The van der Waals surface area contributed by atoms with Crippen LogP contribution in [0, 0.1) is 0 Å². The molecule has 3 N–H and O–H groups in total. The van der Waals surface area contributed by atoms with Gasteiger partial charge in [0, 0.05) is 26.1 Å². The second kappa shape index (κ2) is 9.36. The quantitative estimate of drug-likeness (QED) is 0.597. The number of hydrogen-bond donors (Lipinski definition) is 3. The summed E-state index contributed by atoms with van der Waals surface area (Å²) in [5.74, 6) is -3.27. The van der Waals surface area contributed by atoms with Crippen molar-refractivity contribution in [2.75, 3.05) is 19.6 Å². The van der Waals surface area contributed by atoms with Crippen molar-refractivity contribution in [2.24, 2.45) is 0 Å². The molecule has 170 valence electrons. The Morgan fingerprint density at radius 2 is 1.65 bits per heavy atom. The molecule has 0 spiro atoms. The molecule has 3 rings (SSSR count). The number of carbonyl (C=O) groups excluding carboxylic acids is 2. The minimum absolute atomic E-state index is 0.149. The van der Waals surface area contributed by atoms with Crippen LogP contribution in [-0.2, 0) is 9.59 Å². The highest BCUT2D eigenvalue weighted by Crippen LogP contribution is 2.31. The number of carboxylic acids is 1. The fourth-order valence-corrected chi connectivity index (χ4v) is 4.51. The highest BCUT2D eigenvalue weighted by Gasteiger charge is 2.33.